The van der Waals surface area contributed by atoms with Crippen LogP contribution in [0.4, 0.5) is 5.69 Å². The molecule has 1 aliphatic rings. The number of rotatable bonds is 7. The third-order valence-corrected chi connectivity index (χ3v) is 6.37. The highest BCUT2D eigenvalue weighted by atomic mass is 32.2. The third-order valence-electron chi connectivity index (χ3n) is 4.44. The van der Waals surface area contributed by atoms with E-state index in [1.165, 1.54) is 8.61 Å². The Morgan fingerprint density at radius 3 is 2.39 bits per heavy atom. The predicted molar refractivity (Wildman–Crippen MR) is 108 cm³/mol. The average Bonchev–Trinajstić information content (AvgIpc) is 2.68. The van der Waals surface area contributed by atoms with Crippen molar-refractivity contribution in [2.75, 3.05) is 31.6 Å². The Labute approximate surface area is 166 Å². The van der Waals surface area contributed by atoms with Crippen LogP contribution in [0.25, 0.3) is 0 Å². The molecule has 0 saturated carbocycles. The zero-order chi connectivity index (χ0) is 20.0. The van der Waals surface area contributed by atoms with Crippen molar-refractivity contribution in [3.05, 3.63) is 60.2 Å². The summed E-state index contributed by atoms with van der Waals surface area (Å²) in [6.45, 7) is 3.35. The van der Waals surface area contributed by atoms with Gasteiger partial charge in [-0.25, -0.2) is 0 Å². The molecular formula is C20H25N3O4S. The molecule has 8 heteroatoms. The van der Waals surface area contributed by atoms with Crippen LogP contribution in [0.15, 0.2) is 54.6 Å². The Morgan fingerprint density at radius 1 is 1.04 bits per heavy atom. The van der Waals surface area contributed by atoms with Gasteiger partial charge in [-0.15, -0.1) is 0 Å². The molecule has 1 amide bonds. The van der Waals surface area contributed by atoms with Crippen LogP contribution in [0.5, 0.6) is 5.75 Å². The van der Waals surface area contributed by atoms with Crippen LogP contribution in [0.3, 0.4) is 0 Å². The van der Waals surface area contributed by atoms with E-state index in [1.54, 1.807) is 24.3 Å². The molecule has 0 radical (unpaired) electrons. The minimum atomic E-state index is -3.68. The van der Waals surface area contributed by atoms with Crippen LogP contribution >= 0.6 is 0 Å². The molecule has 28 heavy (non-hydrogen) atoms. The summed E-state index contributed by atoms with van der Waals surface area (Å²) in [6.07, 6.45) is 0.683. The molecule has 0 spiro atoms. The topological polar surface area (TPSA) is 79.0 Å². The molecule has 1 heterocycles. The average molecular weight is 404 g/mol. The number of benzene rings is 2. The highest BCUT2D eigenvalue weighted by Crippen LogP contribution is 2.20. The molecule has 2 aromatic rings. The summed E-state index contributed by atoms with van der Waals surface area (Å²) in [6, 6.07) is 16.4. The maximum absolute atomic E-state index is 12.9. The Kier molecular flexibility index (Phi) is 6.66. The van der Waals surface area contributed by atoms with Crippen LogP contribution in [0.2, 0.25) is 0 Å². The van der Waals surface area contributed by atoms with E-state index in [1.807, 2.05) is 37.3 Å². The number of nitrogens with zero attached hydrogens (tertiary/aromatic N) is 2. The maximum atomic E-state index is 12.9. The van der Waals surface area contributed by atoms with Crippen molar-refractivity contribution in [3.63, 3.8) is 0 Å². The maximum Gasteiger partial charge on any atom is 0.282 e. The number of ether oxygens (including phenoxy) is 1. The number of hydrogen-bond acceptors (Lipinski definition) is 4. The van der Waals surface area contributed by atoms with E-state index in [9.17, 15) is 13.2 Å². The molecule has 1 aliphatic heterocycles. The molecule has 2 aromatic carbocycles. The molecule has 1 N–H and O–H groups in total. The molecule has 0 bridgehead atoms. The number of carbonyl (C=O) groups excluding carboxylic acids is 1. The van der Waals surface area contributed by atoms with E-state index in [4.69, 9.17) is 4.74 Å². The van der Waals surface area contributed by atoms with Gasteiger partial charge in [0, 0.05) is 25.3 Å². The first kappa shape index (κ1) is 20.3. The van der Waals surface area contributed by atoms with Gasteiger partial charge in [0.25, 0.3) is 10.2 Å². The highest BCUT2D eigenvalue weighted by Gasteiger charge is 2.34. The fourth-order valence-corrected chi connectivity index (χ4v) is 4.73. The molecular weight excluding hydrogens is 378 g/mol. The zero-order valence-corrected chi connectivity index (χ0v) is 16.7. The van der Waals surface area contributed by atoms with E-state index in [0.29, 0.717) is 38.3 Å². The first-order chi connectivity index (χ1) is 13.5. The monoisotopic (exact) mass is 403 g/mol. The van der Waals surface area contributed by atoms with Gasteiger partial charge in [0.1, 0.15) is 5.75 Å². The normalized spacial score (nSPS) is 17.2. The SMILES string of the molecule is CCOc1ccc(NC(=O)CN2CCCN(Cc3ccccc3)S2(=O)=O)cc1. The zero-order valence-electron chi connectivity index (χ0n) is 15.9. The molecule has 1 saturated heterocycles. The summed E-state index contributed by atoms with van der Waals surface area (Å²) in [5.41, 5.74) is 1.52. The lowest BCUT2D eigenvalue weighted by atomic mass is 10.2. The predicted octanol–water partition coefficient (Wildman–Crippen LogP) is 2.48. The molecule has 0 aromatic heterocycles. The lowest BCUT2D eigenvalue weighted by molar-refractivity contribution is -0.116. The summed E-state index contributed by atoms with van der Waals surface area (Å²) in [4.78, 5) is 12.4. The number of hydrogen-bond donors (Lipinski definition) is 1. The Balaban J connectivity index is 1.61. The summed E-state index contributed by atoms with van der Waals surface area (Å²) in [7, 11) is -3.68. The Hall–Kier alpha value is -2.42. The molecule has 0 aliphatic carbocycles. The fraction of sp³-hybridized carbons (Fsp3) is 0.350. The standard InChI is InChI=1S/C20H25N3O4S/c1-2-27-19-11-9-18(10-12-19)21-20(24)16-23-14-6-13-22(28(23,25)26)15-17-7-4-3-5-8-17/h3-5,7-12H,2,6,13-16H2,1H3,(H,21,24). The van der Waals surface area contributed by atoms with Gasteiger partial charge in [0.2, 0.25) is 5.91 Å². The minimum Gasteiger partial charge on any atom is -0.494 e. The Morgan fingerprint density at radius 2 is 1.71 bits per heavy atom. The van der Waals surface area contributed by atoms with Gasteiger partial charge >= 0.3 is 0 Å². The summed E-state index contributed by atoms with van der Waals surface area (Å²) < 4.78 is 33.8. The van der Waals surface area contributed by atoms with Crippen molar-refractivity contribution >= 4 is 21.8 Å². The molecule has 150 valence electrons. The summed E-state index contributed by atoms with van der Waals surface area (Å²) in [5.74, 6) is 0.352. The molecule has 7 nitrogen and oxygen atoms in total. The first-order valence-electron chi connectivity index (χ1n) is 9.31. The van der Waals surface area contributed by atoms with Gasteiger partial charge in [-0.1, -0.05) is 30.3 Å². The van der Waals surface area contributed by atoms with Crippen LogP contribution in [-0.2, 0) is 21.5 Å². The summed E-state index contributed by atoms with van der Waals surface area (Å²) in [5, 5.41) is 2.74. The lowest BCUT2D eigenvalue weighted by Crippen LogP contribution is -2.51. The first-order valence-corrected chi connectivity index (χ1v) is 10.7. The van der Waals surface area contributed by atoms with E-state index < -0.39 is 10.2 Å². The van der Waals surface area contributed by atoms with Crippen LogP contribution < -0.4 is 10.1 Å². The molecule has 3 rings (SSSR count). The van der Waals surface area contributed by atoms with Crippen LogP contribution in [0.1, 0.15) is 18.9 Å². The van der Waals surface area contributed by atoms with Gasteiger partial charge in [-0.3, -0.25) is 4.79 Å². The Bertz CT molecular complexity index is 885. The number of anilines is 1. The number of nitrogens with one attached hydrogen (secondary N) is 1. The van der Waals surface area contributed by atoms with Crippen LogP contribution in [-0.4, -0.2) is 49.2 Å². The van der Waals surface area contributed by atoms with Crippen molar-refractivity contribution in [3.8, 4) is 5.75 Å². The number of amides is 1. The second kappa shape index (κ2) is 9.18. The van der Waals surface area contributed by atoms with Gasteiger partial charge in [-0.05, 0) is 43.2 Å². The van der Waals surface area contributed by atoms with E-state index in [2.05, 4.69) is 5.32 Å². The van der Waals surface area contributed by atoms with Crippen molar-refractivity contribution in [1.82, 2.24) is 8.61 Å². The quantitative estimate of drug-likeness (QED) is 0.770. The molecule has 0 atom stereocenters. The van der Waals surface area contributed by atoms with Gasteiger partial charge in [-0.2, -0.15) is 17.0 Å². The van der Waals surface area contributed by atoms with Gasteiger partial charge < -0.3 is 10.1 Å². The summed E-state index contributed by atoms with van der Waals surface area (Å²) >= 11 is 0. The smallest absolute Gasteiger partial charge is 0.282 e. The van der Waals surface area contributed by atoms with E-state index >= 15 is 0 Å². The molecule has 1 fully saturated rings. The third kappa shape index (κ3) is 5.09. The van der Waals surface area contributed by atoms with Crippen molar-refractivity contribution in [2.45, 2.75) is 19.9 Å². The van der Waals surface area contributed by atoms with Crippen molar-refractivity contribution in [1.29, 1.82) is 0 Å². The van der Waals surface area contributed by atoms with Crippen molar-refractivity contribution < 1.29 is 17.9 Å². The number of carbonyl (C=O) groups is 1. The van der Waals surface area contributed by atoms with E-state index in [0.717, 1.165) is 11.3 Å². The molecule has 0 unspecified atom stereocenters. The second-order valence-electron chi connectivity index (χ2n) is 6.52. The largest absolute Gasteiger partial charge is 0.494 e. The second-order valence-corrected chi connectivity index (χ2v) is 8.45. The van der Waals surface area contributed by atoms with E-state index in [-0.39, 0.29) is 12.5 Å². The highest BCUT2D eigenvalue weighted by molar-refractivity contribution is 7.86. The van der Waals surface area contributed by atoms with Crippen LogP contribution in [0, 0.1) is 0 Å². The minimum absolute atomic E-state index is 0.208. The fourth-order valence-electron chi connectivity index (χ4n) is 3.09. The van der Waals surface area contributed by atoms with Gasteiger partial charge in [0.05, 0.1) is 13.2 Å². The van der Waals surface area contributed by atoms with Crippen molar-refractivity contribution in [2.24, 2.45) is 0 Å². The van der Waals surface area contributed by atoms with Gasteiger partial charge in [0.15, 0.2) is 0 Å². The lowest BCUT2D eigenvalue weighted by Gasteiger charge is -2.34.